The highest BCUT2D eigenvalue weighted by Gasteiger charge is 1.91. The van der Waals surface area contributed by atoms with E-state index in [0.29, 0.717) is 5.88 Å². The Bertz CT molecular complexity index is 342. The topological polar surface area (TPSA) is 0 Å². The number of halogens is 1. The highest BCUT2D eigenvalue weighted by Crippen LogP contribution is 2.08. The highest BCUT2D eigenvalue weighted by molar-refractivity contribution is 6.18. The minimum atomic E-state index is 0.609. The third kappa shape index (κ3) is 3.13. The number of rotatable bonds is 1. The van der Waals surface area contributed by atoms with Gasteiger partial charge in [0.25, 0.3) is 0 Å². The SMILES string of the molecule is Cc1ccc(C#CCCCl)cc1C. The van der Waals surface area contributed by atoms with Crippen molar-refractivity contribution in [2.24, 2.45) is 0 Å². The van der Waals surface area contributed by atoms with E-state index in [9.17, 15) is 0 Å². The summed E-state index contributed by atoms with van der Waals surface area (Å²) < 4.78 is 0. The van der Waals surface area contributed by atoms with Gasteiger partial charge < -0.3 is 0 Å². The second-order valence-electron chi connectivity index (χ2n) is 3.04. The fourth-order valence-corrected chi connectivity index (χ4v) is 1.13. The Morgan fingerprint density at radius 2 is 2.00 bits per heavy atom. The van der Waals surface area contributed by atoms with E-state index < -0.39 is 0 Å². The lowest BCUT2D eigenvalue weighted by Gasteiger charge is -1.98. The molecule has 0 heterocycles. The van der Waals surface area contributed by atoms with Gasteiger partial charge in [-0.25, -0.2) is 0 Å². The van der Waals surface area contributed by atoms with Crippen LogP contribution < -0.4 is 0 Å². The van der Waals surface area contributed by atoms with Crippen molar-refractivity contribution in [1.82, 2.24) is 0 Å². The van der Waals surface area contributed by atoms with E-state index in [4.69, 9.17) is 11.6 Å². The Morgan fingerprint density at radius 3 is 2.62 bits per heavy atom. The molecule has 0 nitrogen and oxygen atoms in total. The molecule has 0 fully saturated rings. The van der Waals surface area contributed by atoms with Crippen molar-refractivity contribution in [3.63, 3.8) is 0 Å². The van der Waals surface area contributed by atoms with Crippen LogP contribution in [0, 0.1) is 25.7 Å². The van der Waals surface area contributed by atoms with Crippen molar-refractivity contribution >= 4 is 11.6 Å². The molecule has 0 saturated carbocycles. The van der Waals surface area contributed by atoms with Crippen LogP contribution in [0.5, 0.6) is 0 Å². The van der Waals surface area contributed by atoms with Crippen molar-refractivity contribution in [2.75, 3.05) is 5.88 Å². The van der Waals surface area contributed by atoms with Gasteiger partial charge >= 0.3 is 0 Å². The van der Waals surface area contributed by atoms with Crippen molar-refractivity contribution in [3.05, 3.63) is 34.9 Å². The van der Waals surface area contributed by atoms with Gasteiger partial charge in [-0.2, -0.15) is 0 Å². The number of hydrogen-bond acceptors (Lipinski definition) is 0. The van der Waals surface area contributed by atoms with E-state index in [0.717, 1.165) is 12.0 Å². The van der Waals surface area contributed by atoms with Gasteiger partial charge in [0.15, 0.2) is 0 Å². The van der Waals surface area contributed by atoms with Crippen LogP contribution in [0.3, 0.4) is 0 Å². The zero-order valence-electron chi connectivity index (χ0n) is 8.02. The minimum absolute atomic E-state index is 0.609. The molecule has 0 aromatic heterocycles. The van der Waals surface area contributed by atoms with Gasteiger partial charge in [-0.1, -0.05) is 17.9 Å². The molecule has 0 unspecified atom stereocenters. The zero-order valence-corrected chi connectivity index (χ0v) is 8.78. The molecule has 0 radical (unpaired) electrons. The van der Waals surface area contributed by atoms with Crippen LogP contribution in [-0.2, 0) is 0 Å². The number of hydrogen-bond donors (Lipinski definition) is 0. The fourth-order valence-electron chi connectivity index (χ4n) is 1.03. The quantitative estimate of drug-likeness (QED) is 0.473. The maximum atomic E-state index is 5.52. The van der Waals surface area contributed by atoms with Crippen LogP contribution >= 0.6 is 11.6 Å². The molecule has 0 saturated heterocycles. The highest BCUT2D eigenvalue weighted by atomic mass is 35.5. The molecule has 0 atom stereocenters. The standard InChI is InChI=1S/C12H13Cl/c1-10-6-7-12(9-11(10)2)5-3-4-8-13/h6-7,9H,4,8H2,1-2H3. The predicted molar refractivity (Wildman–Crippen MR) is 58.1 cm³/mol. The van der Waals surface area contributed by atoms with Crippen LogP contribution in [-0.4, -0.2) is 5.88 Å². The largest absolute Gasteiger partial charge is 0.126 e. The molecule has 1 aromatic carbocycles. The summed E-state index contributed by atoms with van der Waals surface area (Å²) in [6.07, 6.45) is 0.758. The molecule has 0 aliphatic carbocycles. The summed E-state index contributed by atoms with van der Waals surface area (Å²) in [7, 11) is 0. The van der Waals surface area contributed by atoms with Gasteiger partial charge in [-0.15, -0.1) is 11.6 Å². The lowest BCUT2D eigenvalue weighted by atomic mass is 10.1. The summed E-state index contributed by atoms with van der Waals surface area (Å²) in [6, 6.07) is 6.25. The summed E-state index contributed by atoms with van der Waals surface area (Å²) in [5, 5.41) is 0. The molecule has 0 aliphatic heterocycles. The maximum absolute atomic E-state index is 5.52. The summed E-state index contributed by atoms with van der Waals surface area (Å²) in [5.74, 6) is 6.70. The predicted octanol–water partition coefficient (Wildman–Crippen LogP) is 3.28. The molecule has 0 aliphatic rings. The molecule has 0 spiro atoms. The van der Waals surface area contributed by atoms with Crippen LogP contribution in [0.1, 0.15) is 23.1 Å². The first-order chi connectivity index (χ1) is 6.24. The van der Waals surface area contributed by atoms with E-state index in [-0.39, 0.29) is 0 Å². The van der Waals surface area contributed by atoms with Crippen molar-refractivity contribution < 1.29 is 0 Å². The number of benzene rings is 1. The molecule has 1 rings (SSSR count). The van der Waals surface area contributed by atoms with Gasteiger partial charge in [-0.05, 0) is 37.1 Å². The zero-order chi connectivity index (χ0) is 9.68. The molecule has 1 aromatic rings. The first-order valence-corrected chi connectivity index (χ1v) is 4.89. The minimum Gasteiger partial charge on any atom is -0.126 e. The molecule has 0 amide bonds. The van der Waals surface area contributed by atoms with E-state index in [2.05, 4.69) is 37.8 Å². The molecule has 0 bridgehead atoms. The third-order valence-corrected chi connectivity index (χ3v) is 2.15. The normalized spacial score (nSPS) is 9.15. The van der Waals surface area contributed by atoms with Gasteiger partial charge in [0, 0.05) is 17.9 Å². The molecular formula is C12H13Cl. The Hall–Kier alpha value is -0.930. The van der Waals surface area contributed by atoms with Gasteiger partial charge in [0.1, 0.15) is 0 Å². The average molecular weight is 193 g/mol. The van der Waals surface area contributed by atoms with E-state index in [1.54, 1.807) is 0 Å². The second kappa shape index (κ2) is 4.94. The van der Waals surface area contributed by atoms with E-state index >= 15 is 0 Å². The van der Waals surface area contributed by atoms with Crippen molar-refractivity contribution in [3.8, 4) is 11.8 Å². The Labute approximate surface area is 84.9 Å². The van der Waals surface area contributed by atoms with E-state index in [1.165, 1.54) is 11.1 Å². The van der Waals surface area contributed by atoms with E-state index in [1.807, 2.05) is 6.07 Å². The molecule has 1 heteroatoms. The van der Waals surface area contributed by atoms with Crippen LogP contribution in [0.4, 0.5) is 0 Å². The molecule has 0 N–H and O–H groups in total. The average Bonchev–Trinajstić information content (AvgIpc) is 2.12. The molecule has 13 heavy (non-hydrogen) atoms. The number of alkyl halides is 1. The first kappa shape index (κ1) is 10.2. The summed E-state index contributed by atoms with van der Waals surface area (Å²) in [6.45, 7) is 4.20. The Kier molecular flexibility index (Phi) is 3.86. The van der Waals surface area contributed by atoms with Crippen molar-refractivity contribution in [1.29, 1.82) is 0 Å². The summed E-state index contributed by atoms with van der Waals surface area (Å²) in [5.41, 5.74) is 3.67. The smallest absolute Gasteiger partial charge is 0.0333 e. The lowest BCUT2D eigenvalue weighted by Crippen LogP contribution is -1.82. The van der Waals surface area contributed by atoms with Crippen LogP contribution in [0.25, 0.3) is 0 Å². The first-order valence-electron chi connectivity index (χ1n) is 4.36. The fraction of sp³-hybridized carbons (Fsp3) is 0.333. The lowest BCUT2D eigenvalue weighted by molar-refractivity contribution is 1.29. The Balaban J connectivity index is 2.81. The monoisotopic (exact) mass is 192 g/mol. The van der Waals surface area contributed by atoms with Crippen LogP contribution in [0.15, 0.2) is 18.2 Å². The van der Waals surface area contributed by atoms with Crippen molar-refractivity contribution in [2.45, 2.75) is 20.3 Å². The summed E-state index contributed by atoms with van der Waals surface area (Å²) in [4.78, 5) is 0. The summed E-state index contributed by atoms with van der Waals surface area (Å²) >= 11 is 5.52. The molecule has 68 valence electrons. The van der Waals surface area contributed by atoms with Gasteiger partial charge in [0.2, 0.25) is 0 Å². The third-order valence-electron chi connectivity index (χ3n) is 1.96. The van der Waals surface area contributed by atoms with Gasteiger partial charge in [-0.3, -0.25) is 0 Å². The second-order valence-corrected chi connectivity index (χ2v) is 3.42. The Morgan fingerprint density at radius 1 is 1.23 bits per heavy atom. The van der Waals surface area contributed by atoms with Crippen LogP contribution in [0.2, 0.25) is 0 Å². The number of aryl methyl sites for hydroxylation is 2. The molecular weight excluding hydrogens is 180 g/mol. The maximum Gasteiger partial charge on any atom is 0.0333 e. The van der Waals surface area contributed by atoms with Gasteiger partial charge in [0.05, 0.1) is 0 Å².